The zero-order valence-corrected chi connectivity index (χ0v) is 12.4. The van der Waals surface area contributed by atoms with E-state index in [1.165, 1.54) is 17.1 Å². The monoisotopic (exact) mass is 299 g/mol. The number of aromatic nitrogens is 1. The molecule has 1 unspecified atom stereocenters. The molecular weight excluding hydrogens is 278 g/mol. The van der Waals surface area contributed by atoms with Crippen LogP contribution in [0.4, 0.5) is 0 Å². The number of ether oxygens (including phenoxy) is 1. The van der Waals surface area contributed by atoms with Crippen molar-refractivity contribution in [1.82, 2.24) is 14.6 Å². The summed E-state index contributed by atoms with van der Waals surface area (Å²) in [6.45, 7) is 3.91. The molecule has 1 saturated carbocycles. The lowest BCUT2D eigenvalue weighted by molar-refractivity contribution is 0.0393. The summed E-state index contributed by atoms with van der Waals surface area (Å²) >= 11 is 0. The molecule has 6 nitrogen and oxygen atoms in total. The van der Waals surface area contributed by atoms with Gasteiger partial charge in [0.25, 0.3) is 0 Å². The lowest BCUT2D eigenvalue weighted by atomic mass is 10.3. The average Bonchev–Trinajstić information content (AvgIpc) is 3.13. The maximum atomic E-state index is 12.6. The largest absolute Gasteiger partial charge is 0.378 e. The minimum Gasteiger partial charge on any atom is -0.378 e. The van der Waals surface area contributed by atoms with Gasteiger partial charge < -0.3 is 15.0 Å². The van der Waals surface area contributed by atoms with Crippen molar-refractivity contribution >= 4 is 10.0 Å². The van der Waals surface area contributed by atoms with Crippen molar-refractivity contribution in [2.75, 3.05) is 19.8 Å². The summed E-state index contributed by atoms with van der Waals surface area (Å²) in [5.74, 6) is 0. The number of sulfonamides is 1. The van der Waals surface area contributed by atoms with Gasteiger partial charge in [0.2, 0.25) is 10.0 Å². The van der Waals surface area contributed by atoms with Crippen molar-refractivity contribution in [2.45, 2.75) is 43.3 Å². The lowest BCUT2D eigenvalue weighted by Crippen LogP contribution is -2.46. The Hall–Kier alpha value is -0.890. The van der Waals surface area contributed by atoms with Crippen molar-refractivity contribution < 1.29 is 13.2 Å². The van der Waals surface area contributed by atoms with Crippen LogP contribution < -0.4 is 5.32 Å². The third-order valence-corrected chi connectivity index (χ3v) is 5.78. The molecule has 2 N–H and O–H groups in total. The summed E-state index contributed by atoms with van der Waals surface area (Å²) in [6, 6.07) is 2.22. The number of nitrogens with one attached hydrogen (secondary N) is 2. The molecule has 0 amide bonds. The Morgan fingerprint density at radius 1 is 1.50 bits per heavy atom. The van der Waals surface area contributed by atoms with Crippen LogP contribution in [0.15, 0.2) is 17.2 Å². The van der Waals surface area contributed by atoms with Crippen molar-refractivity contribution in [1.29, 1.82) is 0 Å². The van der Waals surface area contributed by atoms with Crippen LogP contribution in [0.25, 0.3) is 0 Å². The molecule has 1 aromatic rings. The smallest absolute Gasteiger partial charge is 0.244 e. The number of rotatable bonds is 5. The SMILES string of the molecule is CC1COCCN1S(=O)(=O)c1c[nH]c(CNC2CC2)c1. The van der Waals surface area contributed by atoms with Crippen molar-refractivity contribution in [3.05, 3.63) is 18.0 Å². The fourth-order valence-electron chi connectivity index (χ4n) is 2.42. The highest BCUT2D eigenvalue weighted by atomic mass is 32.2. The van der Waals surface area contributed by atoms with Gasteiger partial charge in [0.15, 0.2) is 0 Å². The van der Waals surface area contributed by atoms with E-state index in [0.29, 0.717) is 37.2 Å². The number of nitrogens with zero attached hydrogens (tertiary/aromatic N) is 1. The quantitative estimate of drug-likeness (QED) is 0.838. The normalized spacial score (nSPS) is 24.9. The first kappa shape index (κ1) is 14.1. The van der Waals surface area contributed by atoms with Gasteiger partial charge in [0.1, 0.15) is 0 Å². The Balaban J connectivity index is 1.72. The highest BCUT2D eigenvalue weighted by Crippen LogP contribution is 2.22. The molecule has 112 valence electrons. The topological polar surface area (TPSA) is 74.4 Å². The molecular formula is C13H21N3O3S. The predicted octanol–water partition coefficient (Wildman–Crippen LogP) is 0.676. The summed E-state index contributed by atoms with van der Waals surface area (Å²) in [5.41, 5.74) is 0.913. The molecule has 2 fully saturated rings. The molecule has 0 radical (unpaired) electrons. The Kier molecular flexibility index (Phi) is 3.85. The van der Waals surface area contributed by atoms with Crippen LogP contribution >= 0.6 is 0 Å². The first-order valence-corrected chi connectivity index (χ1v) is 8.51. The third-order valence-electron chi connectivity index (χ3n) is 3.79. The van der Waals surface area contributed by atoms with Crippen LogP contribution in [0.2, 0.25) is 0 Å². The number of aromatic amines is 1. The average molecular weight is 299 g/mol. The predicted molar refractivity (Wildman–Crippen MR) is 74.8 cm³/mol. The van der Waals surface area contributed by atoms with Crippen LogP contribution in [0, 0.1) is 0 Å². The number of hydrogen-bond acceptors (Lipinski definition) is 4. The first-order chi connectivity index (χ1) is 9.57. The van der Waals surface area contributed by atoms with Crippen LogP contribution in [0.1, 0.15) is 25.5 Å². The molecule has 1 aliphatic heterocycles. The van der Waals surface area contributed by atoms with E-state index in [1.807, 2.05) is 6.92 Å². The van der Waals surface area contributed by atoms with Gasteiger partial charge in [-0.2, -0.15) is 4.31 Å². The molecule has 7 heteroatoms. The zero-order valence-electron chi connectivity index (χ0n) is 11.6. The van der Waals surface area contributed by atoms with E-state index in [4.69, 9.17) is 4.74 Å². The van der Waals surface area contributed by atoms with E-state index in [1.54, 1.807) is 12.3 Å². The second-order valence-electron chi connectivity index (χ2n) is 5.56. The summed E-state index contributed by atoms with van der Waals surface area (Å²) in [5, 5.41) is 3.37. The van der Waals surface area contributed by atoms with Gasteiger partial charge in [-0.25, -0.2) is 8.42 Å². The van der Waals surface area contributed by atoms with Crippen molar-refractivity contribution in [3.8, 4) is 0 Å². The maximum Gasteiger partial charge on any atom is 0.244 e. The second-order valence-corrected chi connectivity index (χ2v) is 7.45. The minimum atomic E-state index is -3.42. The fraction of sp³-hybridized carbons (Fsp3) is 0.692. The van der Waals surface area contributed by atoms with Gasteiger partial charge in [-0.05, 0) is 25.8 Å². The van der Waals surface area contributed by atoms with Crippen molar-refractivity contribution in [3.63, 3.8) is 0 Å². The molecule has 1 aromatic heterocycles. The van der Waals surface area contributed by atoms with Gasteiger partial charge in [-0.3, -0.25) is 0 Å². The number of morpholine rings is 1. The molecule has 2 aliphatic rings. The van der Waals surface area contributed by atoms with Crippen LogP contribution in [-0.4, -0.2) is 49.5 Å². The van der Waals surface area contributed by atoms with E-state index < -0.39 is 10.0 Å². The molecule has 3 rings (SSSR count). The second kappa shape index (κ2) is 5.48. The third kappa shape index (κ3) is 2.90. The van der Waals surface area contributed by atoms with Crippen LogP contribution in [-0.2, 0) is 21.3 Å². The fourth-order valence-corrected chi connectivity index (χ4v) is 4.04. The molecule has 2 heterocycles. The van der Waals surface area contributed by atoms with E-state index in [0.717, 1.165) is 5.69 Å². The molecule has 20 heavy (non-hydrogen) atoms. The first-order valence-electron chi connectivity index (χ1n) is 7.07. The van der Waals surface area contributed by atoms with Gasteiger partial charge in [-0.15, -0.1) is 0 Å². The molecule has 0 aromatic carbocycles. The van der Waals surface area contributed by atoms with E-state index >= 15 is 0 Å². The van der Waals surface area contributed by atoms with E-state index in [9.17, 15) is 8.42 Å². The van der Waals surface area contributed by atoms with Gasteiger partial charge in [0, 0.05) is 37.1 Å². The Labute approximate surface area is 119 Å². The number of hydrogen-bond donors (Lipinski definition) is 2. The molecule has 0 bridgehead atoms. The Morgan fingerprint density at radius 2 is 2.30 bits per heavy atom. The van der Waals surface area contributed by atoms with Crippen molar-refractivity contribution in [2.24, 2.45) is 0 Å². The minimum absolute atomic E-state index is 0.114. The molecule has 1 atom stereocenters. The van der Waals surface area contributed by atoms with Gasteiger partial charge >= 0.3 is 0 Å². The summed E-state index contributed by atoms with van der Waals surface area (Å²) < 4.78 is 32.0. The van der Waals surface area contributed by atoms with E-state index in [2.05, 4.69) is 10.3 Å². The van der Waals surface area contributed by atoms with Crippen LogP contribution in [0.5, 0.6) is 0 Å². The van der Waals surface area contributed by atoms with E-state index in [-0.39, 0.29) is 6.04 Å². The highest BCUT2D eigenvalue weighted by Gasteiger charge is 2.32. The Bertz CT molecular complexity index is 565. The maximum absolute atomic E-state index is 12.6. The standard InChI is InChI=1S/C13H21N3O3S/c1-10-9-19-5-4-16(10)20(17,18)13-6-12(15-8-13)7-14-11-2-3-11/h6,8,10-11,14-15H,2-5,7,9H2,1H3. The lowest BCUT2D eigenvalue weighted by Gasteiger charge is -2.31. The molecule has 0 spiro atoms. The summed E-state index contributed by atoms with van der Waals surface area (Å²) in [4.78, 5) is 3.40. The summed E-state index contributed by atoms with van der Waals surface area (Å²) in [7, 11) is -3.42. The zero-order chi connectivity index (χ0) is 14.2. The van der Waals surface area contributed by atoms with Crippen LogP contribution in [0.3, 0.4) is 0 Å². The van der Waals surface area contributed by atoms with Gasteiger partial charge in [0.05, 0.1) is 18.1 Å². The Morgan fingerprint density at radius 3 is 3.00 bits per heavy atom. The van der Waals surface area contributed by atoms with Gasteiger partial charge in [-0.1, -0.05) is 0 Å². The summed E-state index contributed by atoms with van der Waals surface area (Å²) in [6.07, 6.45) is 4.02. The highest BCUT2D eigenvalue weighted by molar-refractivity contribution is 7.89. The molecule has 1 saturated heterocycles. The number of H-pyrrole nitrogens is 1. The molecule has 1 aliphatic carbocycles.